The van der Waals surface area contributed by atoms with E-state index in [9.17, 15) is 24.0 Å². The molecule has 0 aromatic rings. The second kappa shape index (κ2) is 15.4. The molecule has 4 aliphatic rings. The van der Waals surface area contributed by atoms with Crippen LogP contribution in [0, 0.1) is 5.92 Å². The standard InChI is InChI=1S/C31H47N3O10S/c1-19(2)8-9-23-30(4,44-23)27-26(40-5)22(10-11-31(27)18-42-31)43-29(39)33-24(36)17-45-14-12-32-28(38)21-7-6-13-34(21)25(37)16-41-15-20(3)35/h8,21-23,26-27H,6-7,9-18H2,1-5H3,(H,32,38)(H,33,36,39)/t21-,22+,23?,26+,27+,30?,31-/m0/s1. The lowest BCUT2D eigenvalue weighted by Crippen LogP contribution is -2.56. The molecular formula is C31H47N3O10S. The number of thioether (sulfide) groups is 1. The molecule has 45 heavy (non-hydrogen) atoms. The number of hydrogen-bond acceptors (Lipinski definition) is 11. The van der Waals surface area contributed by atoms with Crippen molar-refractivity contribution >= 4 is 41.4 Å². The first-order valence-electron chi connectivity index (χ1n) is 15.6. The number of amides is 4. The Kier molecular flexibility index (Phi) is 12.1. The topological polar surface area (TPSA) is 165 Å². The minimum absolute atomic E-state index is 0.00238. The van der Waals surface area contributed by atoms with Crippen LogP contribution in [-0.2, 0) is 42.9 Å². The van der Waals surface area contributed by atoms with Crippen LogP contribution in [0.15, 0.2) is 11.6 Å². The molecule has 4 rings (SSSR count). The number of hydrogen-bond donors (Lipinski definition) is 2. The highest BCUT2D eigenvalue weighted by molar-refractivity contribution is 7.99. The smallest absolute Gasteiger partial charge is 0.414 e. The molecule has 0 aromatic heterocycles. The molecule has 2 unspecified atom stereocenters. The Balaban J connectivity index is 1.16. The number of nitrogens with zero attached hydrogens (tertiary/aromatic N) is 1. The van der Waals surface area contributed by atoms with E-state index in [1.165, 1.54) is 29.2 Å². The predicted molar refractivity (Wildman–Crippen MR) is 165 cm³/mol. The number of carbonyl (C=O) groups is 5. The largest absolute Gasteiger partial charge is 0.443 e. The zero-order chi connectivity index (χ0) is 32.8. The van der Waals surface area contributed by atoms with Gasteiger partial charge in [-0.3, -0.25) is 24.5 Å². The average molecular weight is 654 g/mol. The maximum absolute atomic E-state index is 12.7. The van der Waals surface area contributed by atoms with Gasteiger partial charge in [-0.1, -0.05) is 11.6 Å². The predicted octanol–water partition coefficient (Wildman–Crippen LogP) is 1.76. The molecule has 3 saturated heterocycles. The second-order valence-corrected chi connectivity index (χ2v) is 13.8. The van der Waals surface area contributed by atoms with E-state index in [4.69, 9.17) is 23.7 Å². The normalized spacial score (nSPS) is 31.7. The lowest BCUT2D eigenvalue weighted by atomic mass is 9.68. The molecular weight excluding hydrogens is 606 g/mol. The van der Waals surface area contributed by atoms with Crippen molar-refractivity contribution in [2.75, 3.05) is 51.5 Å². The lowest BCUT2D eigenvalue weighted by Gasteiger charge is -2.42. The van der Waals surface area contributed by atoms with Gasteiger partial charge in [-0.2, -0.15) is 11.8 Å². The molecule has 7 atom stereocenters. The number of methoxy groups -OCH3 is 1. The van der Waals surface area contributed by atoms with Crippen LogP contribution >= 0.6 is 11.8 Å². The SMILES string of the molecule is CO[C@H]1[C@H](C2(C)OC2CC=C(C)C)[C@]2(CC[C@H]1OC(=O)NC(=O)CSCCNC(=O)[C@@H]1CCCN1C(=O)COCC(C)=O)CO2. The molecule has 1 saturated carbocycles. The van der Waals surface area contributed by atoms with Crippen molar-refractivity contribution in [3.05, 3.63) is 11.6 Å². The van der Waals surface area contributed by atoms with E-state index in [0.29, 0.717) is 51.1 Å². The van der Waals surface area contributed by atoms with Gasteiger partial charge in [0.15, 0.2) is 5.78 Å². The number of carbonyl (C=O) groups excluding carboxylic acids is 5. The maximum Gasteiger partial charge on any atom is 0.414 e. The molecule has 0 radical (unpaired) electrons. The Morgan fingerprint density at radius 1 is 1.11 bits per heavy atom. The Bertz CT molecular complexity index is 1160. The molecule has 0 bridgehead atoms. The number of epoxide rings is 2. The molecule has 14 heteroatoms. The third kappa shape index (κ3) is 9.06. The summed E-state index contributed by atoms with van der Waals surface area (Å²) in [7, 11) is 1.60. The molecule has 1 aliphatic carbocycles. The monoisotopic (exact) mass is 653 g/mol. The van der Waals surface area contributed by atoms with Gasteiger partial charge < -0.3 is 33.9 Å². The highest BCUT2D eigenvalue weighted by Gasteiger charge is 2.72. The molecule has 3 aliphatic heterocycles. The fraction of sp³-hybridized carbons (Fsp3) is 0.774. The summed E-state index contributed by atoms with van der Waals surface area (Å²) in [6.07, 6.45) is 3.66. The number of rotatable bonds is 15. The first-order valence-corrected chi connectivity index (χ1v) is 16.8. The number of ether oxygens (including phenoxy) is 5. The number of likely N-dealkylation sites (tertiary alicyclic amines) is 1. The maximum atomic E-state index is 12.7. The van der Waals surface area contributed by atoms with Gasteiger partial charge in [-0.15, -0.1) is 0 Å². The van der Waals surface area contributed by atoms with E-state index in [1.807, 2.05) is 0 Å². The summed E-state index contributed by atoms with van der Waals surface area (Å²) in [6, 6.07) is -0.588. The van der Waals surface area contributed by atoms with E-state index >= 15 is 0 Å². The van der Waals surface area contributed by atoms with Crippen LogP contribution in [0.4, 0.5) is 4.79 Å². The lowest BCUT2D eigenvalue weighted by molar-refractivity contribution is -0.142. The molecule has 2 N–H and O–H groups in total. The summed E-state index contributed by atoms with van der Waals surface area (Å²) in [5.41, 5.74) is 0.421. The third-order valence-electron chi connectivity index (χ3n) is 8.92. The molecule has 4 fully saturated rings. The summed E-state index contributed by atoms with van der Waals surface area (Å²) >= 11 is 1.26. The van der Waals surface area contributed by atoms with Crippen molar-refractivity contribution in [2.24, 2.45) is 5.92 Å². The number of imide groups is 1. The Hall–Kier alpha value is -2.52. The number of ketones is 1. The van der Waals surface area contributed by atoms with Crippen LogP contribution in [0.3, 0.4) is 0 Å². The van der Waals surface area contributed by atoms with Crippen molar-refractivity contribution in [2.45, 2.75) is 95.4 Å². The minimum Gasteiger partial charge on any atom is -0.443 e. The van der Waals surface area contributed by atoms with Crippen LogP contribution in [0.2, 0.25) is 0 Å². The average Bonchev–Trinajstić information content (AvgIpc) is 3.82. The summed E-state index contributed by atoms with van der Waals surface area (Å²) in [4.78, 5) is 62.7. The molecule has 3 heterocycles. The van der Waals surface area contributed by atoms with Crippen molar-refractivity contribution in [3.63, 3.8) is 0 Å². The quantitative estimate of drug-likeness (QED) is 0.150. The van der Waals surface area contributed by atoms with Crippen LogP contribution < -0.4 is 10.6 Å². The summed E-state index contributed by atoms with van der Waals surface area (Å²) < 4.78 is 28.8. The zero-order valence-electron chi connectivity index (χ0n) is 26.9. The first-order chi connectivity index (χ1) is 21.4. The number of allylic oxidation sites excluding steroid dienone is 1. The van der Waals surface area contributed by atoms with Crippen molar-refractivity contribution in [3.8, 4) is 0 Å². The van der Waals surface area contributed by atoms with Crippen LogP contribution in [-0.4, -0.2) is 122 Å². The molecule has 252 valence electrons. The first kappa shape index (κ1) is 35.3. The van der Waals surface area contributed by atoms with Gasteiger partial charge in [0, 0.05) is 26.0 Å². The fourth-order valence-electron chi connectivity index (χ4n) is 6.62. The zero-order valence-corrected chi connectivity index (χ0v) is 27.7. The van der Waals surface area contributed by atoms with Gasteiger partial charge in [0.2, 0.25) is 17.7 Å². The van der Waals surface area contributed by atoms with E-state index < -0.39 is 35.9 Å². The number of Topliss-reactive ketones (excluding diaryl/α,β-unsaturated/α-hetero) is 1. The van der Waals surface area contributed by atoms with Gasteiger partial charge >= 0.3 is 6.09 Å². The van der Waals surface area contributed by atoms with Gasteiger partial charge in [0.25, 0.3) is 0 Å². The van der Waals surface area contributed by atoms with Gasteiger partial charge in [-0.25, -0.2) is 4.79 Å². The van der Waals surface area contributed by atoms with Crippen LogP contribution in [0.1, 0.15) is 59.8 Å². The summed E-state index contributed by atoms with van der Waals surface area (Å²) in [5, 5.41) is 5.10. The van der Waals surface area contributed by atoms with Gasteiger partial charge in [-0.05, 0) is 59.8 Å². The fourth-order valence-corrected chi connectivity index (χ4v) is 7.27. The Labute approximate surface area is 268 Å². The third-order valence-corrected chi connectivity index (χ3v) is 9.88. The van der Waals surface area contributed by atoms with Crippen LogP contribution in [0.5, 0.6) is 0 Å². The summed E-state index contributed by atoms with van der Waals surface area (Å²) in [5.74, 6) is -0.962. The van der Waals surface area contributed by atoms with E-state index in [2.05, 4.69) is 37.5 Å². The Morgan fingerprint density at radius 2 is 1.87 bits per heavy atom. The molecule has 0 aromatic carbocycles. The molecule has 1 spiro atoms. The highest BCUT2D eigenvalue weighted by Crippen LogP contribution is 2.59. The van der Waals surface area contributed by atoms with Gasteiger partial charge in [0.1, 0.15) is 42.7 Å². The second-order valence-electron chi connectivity index (χ2n) is 12.7. The van der Waals surface area contributed by atoms with Crippen molar-refractivity contribution < 1.29 is 47.7 Å². The van der Waals surface area contributed by atoms with E-state index in [0.717, 1.165) is 6.42 Å². The van der Waals surface area contributed by atoms with Crippen molar-refractivity contribution in [1.82, 2.24) is 15.5 Å². The van der Waals surface area contributed by atoms with Crippen LogP contribution in [0.25, 0.3) is 0 Å². The molecule has 4 amide bonds. The van der Waals surface area contributed by atoms with E-state index in [-0.39, 0.29) is 54.2 Å². The van der Waals surface area contributed by atoms with Crippen molar-refractivity contribution in [1.29, 1.82) is 0 Å². The Morgan fingerprint density at radius 3 is 2.53 bits per heavy atom. The number of nitrogens with one attached hydrogen (secondary N) is 2. The van der Waals surface area contributed by atoms with E-state index in [1.54, 1.807) is 7.11 Å². The molecule has 13 nitrogen and oxygen atoms in total. The van der Waals surface area contributed by atoms with Gasteiger partial charge in [0.05, 0.1) is 24.4 Å². The highest BCUT2D eigenvalue weighted by atomic mass is 32.2. The number of alkyl carbamates (subject to hydrolysis) is 1. The minimum atomic E-state index is -0.825. The summed E-state index contributed by atoms with van der Waals surface area (Å²) in [6.45, 7) is 8.53.